The normalized spacial score (nSPS) is 10.5. The Bertz CT molecular complexity index is 750. The number of halogens is 1. The zero-order chi connectivity index (χ0) is 18.9. The lowest BCUT2D eigenvalue weighted by Crippen LogP contribution is -2.46. The molecule has 0 radical (unpaired) electrons. The van der Waals surface area contributed by atoms with Crippen LogP contribution < -0.4 is 15.6 Å². The number of likely N-dealkylation sites (N-methyl/N-ethyl adjacent to an activating group) is 1. The summed E-state index contributed by atoms with van der Waals surface area (Å²) in [7, 11) is 1.80. The summed E-state index contributed by atoms with van der Waals surface area (Å²) in [4.78, 5) is 25.7. The van der Waals surface area contributed by atoms with E-state index in [1.807, 2.05) is 31.2 Å². The first-order chi connectivity index (χ1) is 12.5. The van der Waals surface area contributed by atoms with Gasteiger partial charge in [0.05, 0.1) is 17.1 Å². The van der Waals surface area contributed by atoms with Crippen molar-refractivity contribution in [3.63, 3.8) is 0 Å². The molecule has 2 N–H and O–H groups in total. The highest BCUT2D eigenvalue weighted by Gasteiger charge is 2.11. The number of carbonyl (C=O) groups is 2. The van der Waals surface area contributed by atoms with E-state index in [4.69, 9.17) is 16.3 Å². The molecule has 2 amide bonds. The number of carbonyl (C=O) groups excluding carboxylic acids is 2. The third-order valence-corrected chi connectivity index (χ3v) is 3.94. The Kier molecular flexibility index (Phi) is 7.44. The van der Waals surface area contributed by atoms with Gasteiger partial charge >= 0.3 is 0 Å². The number of hydrazine groups is 1. The first-order valence-corrected chi connectivity index (χ1v) is 8.55. The van der Waals surface area contributed by atoms with Crippen molar-refractivity contribution in [2.45, 2.75) is 6.92 Å². The molecule has 2 aromatic carbocycles. The van der Waals surface area contributed by atoms with Crippen molar-refractivity contribution in [3.05, 3.63) is 64.7 Å². The molecule has 0 aliphatic carbocycles. The Balaban J connectivity index is 1.67. The van der Waals surface area contributed by atoms with Crippen molar-refractivity contribution in [1.29, 1.82) is 0 Å². The molecule has 0 atom stereocenters. The van der Waals surface area contributed by atoms with E-state index >= 15 is 0 Å². The van der Waals surface area contributed by atoms with E-state index in [-0.39, 0.29) is 12.5 Å². The highest BCUT2D eigenvalue weighted by atomic mass is 35.5. The molecule has 6 nitrogen and oxygen atoms in total. The molecule has 2 rings (SSSR count). The van der Waals surface area contributed by atoms with E-state index in [9.17, 15) is 9.59 Å². The average molecular weight is 376 g/mol. The molecule has 0 heterocycles. The summed E-state index contributed by atoms with van der Waals surface area (Å²) in [6, 6.07) is 14.4. The molecule has 0 saturated heterocycles. The second-order valence-electron chi connectivity index (χ2n) is 5.88. The summed E-state index contributed by atoms with van der Waals surface area (Å²) in [5, 5.41) is 0.324. The number of amides is 2. The van der Waals surface area contributed by atoms with Crippen molar-refractivity contribution in [2.24, 2.45) is 0 Å². The Hall–Kier alpha value is -2.57. The molecule has 0 bridgehead atoms. The van der Waals surface area contributed by atoms with Crippen LogP contribution in [-0.2, 0) is 4.79 Å². The van der Waals surface area contributed by atoms with Gasteiger partial charge in [-0.25, -0.2) is 0 Å². The molecular formula is C19H22ClN3O3. The molecule has 0 unspecified atom stereocenters. The van der Waals surface area contributed by atoms with Crippen molar-refractivity contribution >= 4 is 23.4 Å². The number of hydrogen-bond donors (Lipinski definition) is 2. The van der Waals surface area contributed by atoms with Crippen LogP contribution in [0.3, 0.4) is 0 Å². The molecule has 0 aromatic heterocycles. The maximum absolute atomic E-state index is 12.0. The van der Waals surface area contributed by atoms with Crippen molar-refractivity contribution in [2.75, 3.05) is 26.7 Å². The number of hydrogen-bond acceptors (Lipinski definition) is 4. The van der Waals surface area contributed by atoms with Crippen molar-refractivity contribution in [1.82, 2.24) is 15.8 Å². The van der Waals surface area contributed by atoms with Gasteiger partial charge in [-0.3, -0.25) is 25.3 Å². The second kappa shape index (κ2) is 9.79. The fourth-order valence-electron chi connectivity index (χ4n) is 2.16. The number of ether oxygens (including phenoxy) is 1. The fraction of sp³-hybridized carbons (Fsp3) is 0.263. The van der Waals surface area contributed by atoms with Crippen molar-refractivity contribution < 1.29 is 14.3 Å². The predicted molar refractivity (Wildman–Crippen MR) is 101 cm³/mol. The lowest BCUT2D eigenvalue weighted by Gasteiger charge is -2.17. The van der Waals surface area contributed by atoms with E-state index < -0.39 is 5.91 Å². The highest BCUT2D eigenvalue weighted by molar-refractivity contribution is 6.33. The quantitative estimate of drug-likeness (QED) is 0.729. The van der Waals surface area contributed by atoms with Crippen LogP contribution in [0.4, 0.5) is 0 Å². The van der Waals surface area contributed by atoms with Gasteiger partial charge in [0.1, 0.15) is 12.4 Å². The molecule has 2 aromatic rings. The van der Waals surface area contributed by atoms with Gasteiger partial charge in [0.15, 0.2) is 0 Å². The van der Waals surface area contributed by atoms with Crippen LogP contribution in [0.5, 0.6) is 5.75 Å². The summed E-state index contributed by atoms with van der Waals surface area (Å²) < 4.78 is 5.62. The van der Waals surface area contributed by atoms with Crippen LogP contribution >= 0.6 is 11.6 Å². The van der Waals surface area contributed by atoms with Gasteiger partial charge in [-0.15, -0.1) is 0 Å². The summed E-state index contributed by atoms with van der Waals surface area (Å²) in [6.45, 7) is 3.17. The molecule has 0 aliphatic rings. The standard InChI is InChI=1S/C19H22ClN3O3/c1-14-7-9-15(10-8-14)26-12-11-23(2)13-18(24)21-22-19(25)16-5-3-4-6-17(16)20/h3-10H,11-13H2,1-2H3,(H,21,24)(H,22,25). The Labute approximate surface area is 158 Å². The molecule has 138 valence electrons. The minimum atomic E-state index is -0.464. The third kappa shape index (κ3) is 6.38. The number of aryl methyl sites for hydroxylation is 1. The Morgan fingerprint density at radius 3 is 2.46 bits per heavy atom. The van der Waals surface area contributed by atoms with Gasteiger partial charge in [-0.1, -0.05) is 41.4 Å². The smallest absolute Gasteiger partial charge is 0.271 e. The largest absolute Gasteiger partial charge is 0.492 e. The Morgan fingerprint density at radius 1 is 1.08 bits per heavy atom. The third-order valence-electron chi connectivity index (χ3n) is 3.61. The maximum Gasteiger partial charge on any atom is 0.271 e. The lowest BCUT2D eigenvalue weighted by molar-refractivity contribution is -0.122. The lowest BCUT2D eigenvalue weighted by atomic mass is 10.2. The minimum Gasteiger partial charge on any atom is -0.492 e. The molecule has 26 heavy (non-hydrogen) atoms. The van der Waals surface area contributed by atoms with Crippen molar-refractivity contribution in [3.8, 4) is 5.75 Å². The molecular weight excluding hydrogens is 354 g/mol. The van der Waals surface area contributed by atoms with Gasteiger partial charge in [0, 0.05) is 6.54 Å². The molecule has 0 aliphatic heterocycles. The number of nitrogens with zero attached hydrogens (tertiary/aromatic N) is 1. The summed E-state index contributed by atoms with van der Waals surface area (Å²) >= 11 is 5.94. The monoisotopic (exact) mass is 375 g/mol. The van der Waals surface area contributed by atoms with Gasteiger partial charge < -0.3 is 4.74 Å². The molecule has 7 heteroatoms. The zero-order valence-electron chi connectivity index (χ0n) is 14.8. The average Bonchev–Trinajstić information content (AvgIpc) is 2.62. The number of benzene rings is 2. The van der Waals surface area contributed by atoms with Gasteiger partial charge in [0.25, 0.3) is 11.8 Å². The number of rotatable bonds is 7. The van der Waals surface area contributed by atoms with E-state index in [0.717, 1.165) is 5.75 Å². The summed E-state index contributed by atoms with van der Waals surface area (Å²) in [5.74, 6) is -0.00185. The van der Waals surface area contributed by atoms with Crippen LogP contribution in [-0.4, -0.2) is 43.5 Å². The van der Waals surface area contributed by atoms with Crippen LogP contribution in [0.25, 0.3) is 0 Å². The SMILES string of the molecule is Cc1ccc(OCCN(C)CC(=O)NNC(=O)c2ccccc2Cl)cc1. The van der Waals surface area contributed by atoms with Crippen LogP contribution in [0.1, 0.15) is 15.9 Å². The molecule has 0 saturated carbocycles. The molecule has 0 fully saturated rings. The fourth-order valence-corrected chi connectivity index (χ4v) is 2.38. The number of nitrogens with one attached hydrogen (secondary N) is 2. The van der Waals surface area contributed by atoms with Gasteiger partial charge in [-0.05, 0) is 38.2 Å². The van der Waals surface area contributed by atoms with Crippen LogP contribution in [0.2, 0.25) is 5.02 Å². The van der Waals surface area contributed by atoms with E-state index in [1.54, 1.807) is 36.2 Å². The highest BCUT2D eigenvalue weighted by Crippen LogP contribution is 2.14. The van der Waals surface area contributed by atoms with E-state index in [0.29, 0.717) is 23.7 Å². The summed E-state index contributed by atoms with van der Waals surface area (Å²) in [6.07, 6.45) is 0. The first-order valence-electron chi connectivity index (χ1n) is 8.17. The minimum absolute atomic E-state index is 0.125. The molecule has 0 spiro atoms. The van der Waals surface area contributed by atoms with E-state index in [1.165, 1.54) is 5.56 Å². The zero-order valence-corrected chi connectivity index (χ0v) is 15.5. The van der Waals surface area contributed by atoms with Crippen LogP contribution in [0, 0.1) is 6.92 Å². The Morgan fingerprint density at radius 2 is 1.77 bits per heavy atom. The van der Waals surface area contributed by atoms with E-state index in [2.05, 4.69) is 10.9 Å². The van der Waals surface area contributed by atoms with Gasteiger partial charge in [0.2, 0.25) is 0 Å². The first kappa shape index (κ1) is 19.8. The van der Waals surface area contributed by atoms with Crippen LogP contribution in [0.15, 0.2) is 48.5 Å². The topological polar surface area (TPSA) is 70.7 Å². The predicted octanol–water partition coefficient (Wildman–Crippen LogP) is 2.42. The second-order valence-corrected chi connectivity index (χ2v) is 6.29. The summed E-state index contributed by atoms with van der Waals surface area (Å²) in [5.41, 5.74) is 6.20. The maximum atomic E-state index is 12.0. The van der Waals surface area contributed by atoms with Gasteiger partial charge in [-0.2, -0.15) is 0 Å².